The first-order valence-corrected chi connectivity index (χ1v) is 10.9. The Morgan fingerprint density at radius 2 is 1.59 bits per heavy atom. The van der Waals surface area contributed by atoms with Crippen molar-refractivity contribution in [2.24, 2.45) is 0 Å². The Balaban J connectivity index is 1.87. The molecule has 0 saturated heterocycles. The van der Waals surface area contributed by atoms with Crippen LogP contribution in [0.4, 0.5) is 10.5 Å². The standard InChI is InChI=1S/C25H34N2O4S/c1-24(2,3)19-11-8-17(9-12-19)15-26-23(32)30-16-18-10-13-20(21(14-18)29-7)27-22(28)31-25(4,5)6/h8-14H,15-16H2,1-7H3,(H,26,32)(H,27,28). The number of ether oxygens (including phenoxy) is 3. The fourth-order valence-corrected chi connectivity index (χ4v) is 2.97. The number of nitrogens with one attached hydrogen (secondary N) is 2. The minimum Gasteiger partial charge on any atom is -0.495 e. The van der Waals surface area contributed by atoms with Crippen LogP contribution in [0.3, 0.4) is 0 Å². The maximum atomic E-state index is 12.0. The van der Waals surface area contributed by atoms with Crippen molar-refractivity contribution in [3.63, 3.8) is 0 Å². The molecule has 2 N–H and O–H groups in total. The predicted octanol–water partition coefficient (Wildman–Crippen LogP) is 5.93. The molecule has 0 aliphatic carbocycles. The first-order valence-electron chi connectivity index (χ1n) is 10.5. The molecule has 0 aromatic heterocycles. The quantitative estimate of drug-likeness (QED) is 0.523. The zero-order chi connectivity index (χ0) is 23.9. The average molecular weight is 459 g/mol. The number of anilines is 1. The van der Waals surface area contributed by atoms with E-state index in [1.54, 1.807) is 12.1 Å². The maximum absolute atomic E-state index is 12.0. The van der Waals surface area contributed by atoms with Crippen molar-refractivity contribution >= 4 is 29.2 Å². The maximum Gasteiger partial charge on any atom is 0.412 e. The second kappa shape index (κ2) is 10.7. The summed E-state index contributed by atoms with van der Waals surface area (Å²) >= 11 is 5.29. The molecule has 0 spiro atoms. The molecule has 2 aromatic carbocycles. The molecule has 2 rings (SSSR count). The van der Waals surface area contributed by atoms with Gasteiger partial charge in [-0.15, -0.1) is 0 Å². The Labute approximate surface area is 196 Å². The summed E-state index contributed by atoms with van der Waals surface area (Å²) in [6.45, 7) is 12.9. The van der Waals surface area contributed by atoms with Crippen LogP contribution in [0.1, 0.15) is 58.2 Å². The van der Waals surface area contributed by atoms with Crippen LogP contribution in [0.5, 0.6) is 5.75 Å². The first kappa shape index (κ1) is 25.5. The van der Waals surface area contributed by atoms with Crippen molar-refractivity contribution < 1.29 is 19.0 Å². The predicted molar refractivity (Wildman–Crippen MR) is 132 cm³/mol. The number of carbonyl (C=O) groups excluding carboxylic acids is 1. The van der Waals surface area contributed by atoms with Gasteiger partial charge in [0.25, 0.3) is 5.17 Å². The zero-order valence-corrected chi connectivity index (χ0v) is 20.8. The molecule has 6 nitrogen and oxygen atoms in total. The molecule has 32 heavy (non-hydrogen) atoms. The monoisotopic (exact) mass is 458 g/mol. The lowest BCUT2D eigenvalue weighted by Gasteiger charge is -2.20. The van der Waals surface area contributed by atoms with Crippen LogP contribution in [0.15, 0.2) is 42.5 Å². The van der Waals surface area contributed by atoms with Gasteiger partial charge < -0.3 is 19.5 Å². The van der Waals surface area contributed by atoms with Gasteiger partial charge in [-0.2, -0.15) is 0 Å². The third-order valence-corrected chi connectivity index (χ3v) is 4.79. The first-order chi connectivity index (χ1) is 14.9. The average Bonchev–Trinajstić information content (AvgIpc) is 2.69. The van der Waals surface area contributed by atoms with Crippen molar-refractivity contribution in [3.8, 4) is 5.75 Å². The summed E-state index contributed by atoms with van der Waals surface area (Å²) in [5.74, 6) is 0.509. The molecule has 0 heterocycles. The molecule has 0 fully saturated rings. The van der Waals surface area contributed by atoms with Crippen LogP contribution in [0, 0.1) is 0 Å². The molecule has 0 aliphatic rings. The van der Waals surface area contributed by atoms with E-state index in [1.807, 2.05) is 26.8 Å². The van der Waals surface area contributed by atoms with Gasteiger partial charge in [0.15, 0.2) is 0 Å². The SMILES string of the molecule is COc1cc(COC(=S)NCc2ccc(C(C)(C)C)cc2)ccc1NC(=O)OC(C)(C)C. The third kappa shape index (κ3) is 8.38. The molecule has 0 unspecified atom stereocenters. The molecule has 1 amide bonds. The van der Waals surface area contributed by atoms with E-state index in [1.165, 1.54) is 12.7 Å². The van der Waals surface area contributed by atoms with E-state index in [-0.39, 0.29) is 12.0 Å². The fraction of sp³-hybridized carbons (Fsp3) is 0.440. The number of amides is 1. The summed E-state index contributed by atoms with van der Waals surface area (Å²) in [6.07, 6.45) is -0.541. The van der Waals surface area contributed by atoms with Gasteiger partial charge in [0.05, 0.1) is 12.8 Å². The number of carbonyl (C=O) groups is 1. The number of hydrogen-bond donors (Lipinski definition) is 2. The lowest BCUT2D eigenvalue weighted by Crippen LogP contribution is -2.27. The molecular weight excluding hydrogens is 424 g/mol. The van der Waals surface area contributed by atoms with Crippen LogP contribution in [-0.4, -0.2) is 24.0 Å². The van der Waals surface area contributed by atoms with Gasteiger partial charge in [-0.3, -0.25) is 5.32 Å². The van der Waals surface area contributed by atoms with Crippen LogP contribution >= 0.6 is 12.2 Å². The normalized spacial score (nSPS) is 11.5. The summed E-state index contributed by atoms with van der Waals surface area (Å²) < 4.78 is 16.3. The molecular formula is C25H34N2O4S. The Morgan fingerprint density at radius 1 is 0.969 bits per heavy atom. The van der Waals surface area contributed by atoms with E-state index in [0.717, 1.165) is 11.1 Å². The van der Waals surface area contributed by atoms with E-state index >= 15 is 0 Å². The van der Waals surface area contributed by atoms with Crippen LogP contribution in [0.25, 0.3) is 0 Å². The number of benzene rings is 2. The van der Waals surface area contributed by atoms with Gasteiger partial charge in [-0.05, 0) is 67.2 Å². The van der Waals surface area contributed by atoms with E-state index in [9.17, 15) is 4.79 Å². The molecule has 0 radical (unpaired) electrons. The topological polar surface area (TPSA) is 68.8 Å². The fourth-order valence-electron chi connectivity index (χ4n) is 2.84. The van der Waals surface area contributed by atoms with Gasteiger partial charge in [0.2, 0.25) is 0 Å². The molecule has 174 valence electrons. The second-order valence-electron chi connectivity index (χ2n) is 9.54. The highest BCUT2D eigenvalue weighted by atomic mass is 32.1. The van der Waals surface area contributed by atoms with Gasteiger partial charge in [0, 0.05) is 6.54 Å². The molecule has 0 bridgehead atoms. The van der Waals surface area contributed by atoms with Crippen molar-refractivity contribution in [2.45, 2.75) is 65.7 Å². The van der Waals surface area contributed by atoms with Crippen LogP contribution in [-0.2, 0) is 28.0 Å². The van der Waals surface area contributed by atoms with E-state index in [4.69, 9.17) is 26.4 Å². The Morgan fingerprint density at radius 3 is 2.16 bits per heavy atom. The van der Waals surface area contributed by atoms with Crippen molar-refractivity contribution in [1.82, 2.24) is 5.32 Å². The summed E-state index contributed by atoms with van der Waals surface area (Å²) in [5, 5.41) is 6.14. The van der Waals surface area contributed by atoms with Gasteiger partial charge in [-0.1, -0.05) is 51.1 Å². The molecule has 2 aromatic rings. The lowest BCUT2D eigenvalue weighted by molar-refractivity contribution is 0.0635. The third-order valence-electron chi connectivity index (χ3n) is 4.53. The van der Waals surface area contributed by atoms with E-state index in [2.05, 4.69) is 55.7 Å². The number of rotatable bonds is 6. The number of thiocarbonyl (C=S) groups is 1. The minimum atomic E-state index is -0.581. The van der Waals surface area contributed by atoms with Gasteiger partial charge in [-0.25, -0.2) is 4.79 Å². The smallest absolute Gasteiger partial charge is 0.412 e. The van der Waals surface area contributed by atoms with Crippen LogP contribution in [0.2, 0.25) is 0 Å². The summed E-state index contributed by atoms with van der Waals surface area (Å²) in [7, 11) is 1.54. The molecule has 0 atom stereocenters. The Kier molecular flexibility index (Phi) is 8.50. The second-order valence-corrected chi connectivity index (χ2v) is 9.91. The Hall–Kier alpha value is -2.80. The summed E-state index contributed by atoms with van der Waals surface area (Å²) in [4.78, 5) is 12.0. The van der Waals surface area contributed by atoms with Crippen LogP contribution < -0.4 is 15.4 Å². The van der Waals surface area contributed by atoms with E-state index < -0.39 is 11.7 Å². The summed E-state index contributed by atoms with van der Waals surface area (Å²) in [6, 6.07) is 13.8. The van der Waals surface area contributed by atoms with E-state index in [0.29, 0.717) is 23.2 Å². The summed E-state index contributed by atoms with van der Waals surface area (Å²) in [5.41, 5.74) is 3.34. The van der Waals surface area contributed by atoms with Crippen molar-refractivity contribution in [3.05, 3.63) is 59.2 Å². The zero-order valence-electron chi connectivity index (χ0n) is 20.0. The van der Waals surface area contributed by atoms with Crippen molar-refractivity contribution in [2.75, 3.05) is 12.4 Å². The number of hydrogen-bond acceptors (Lipinski definition) is 5. The molecule has 0 saturated carbocycles. The largest absolute Gasteiger partial charge is 0.495 e. The lowest BCUT2D eigenvalue weighted by atomic mass is 9.87. The van der Waals surface area contributed by atoms with Gasteiger partial charge >= 0.3 is 6.09 Å². The Bertz CT molecular complexity index is 928. The highest BCUT2D eigenvalue weighted by Gasteiger charge is 2.18. The highest BCUT2D eigenvalue weighted by Crippen LogP contribution is 2.27. The molecule has 7 heteroatoms. The minimum absolute atomic E-state index is 0.128. The van der Waals surface area contributed by atoms with Crippen molar-refractivity contribution in [1.29, 1.82) is 0 Å². The van der Waals surface area contributed by atoms with Gasteiger partial charge in [0.1, 0.15) is 18.0 Å². The number of methoxy groups -OCH3 is 1. The highest BCUT2D eigenvalue weighted by molar-refractivity contribution is 7.80. The molecule has 0 aliphatic heterocycles.